The van der Waals surface area contributed by atoms with Crippen LogP contribution >= 0.6 is 0 Å². The summed E-state index contributed by atoms with van der Waals surface area (Å²) in [7, 11) is 0. The van der Waals surface area contributed by atoms with Crippen LogP contribution in [0.1, 0.15) is 53.5 Å². The van der Waals surface area contributed by atoms with Crippen LogP contribution in [0.25, 0.3) is 10.8 Å². The van der Waals surface area contributed by atoms with Crippen molar-refractivity contribution in [3.8, 4) is 0 Å². The summed E-state index contributed by atoms with van der Waals surface area (Å²) in [6, 6.07) is 13.3. The van der Waals surface area contributed by atoms with Crippen molar-refractivity contribution in [3.05, 3.63) is 75.7 Å². The summed E-state index contributed by atoms with van der Waals surface area (Å²) in [5.41, 5.74) is 1.57. The van der Waals surface area contributed by atoms with Gasteiger partial charge < -0.3 is 10.4 Å². The molecular weight excluding hydrogens is 370 g/mol. The van der Waals surface area contributed by atoms with Crippen molar-refractivity contribution in [1.29, 1.82) is 0 Å². The Morgan fingerprint density at radius 2 is 1.83 bits per heavy atom. The normalized spacial score (nSPS) is 16.8. The van der Waals surface area contributed by atoms with Crippen molar-refractivity contribution in [2.24, 2.45) is 0 Å². The van der Waals surface area contributed by atoms with Crippen molar-refractivity contribution in [1.82, 2.24) is 15.1 Å². The van der Waals surface area contributed by atoms with Crippen LogP contribution in [0.3, 0.4) is 0 Å². The second-order valence-corrected chi connectivity index (χ2v) is 7.28. The van der Waals surface area contributed by atoms with Gasteiger partial charge in [0.25, 0.3) is 5.56 Å². The highest BCUT2D eigenvalue weighted by Crippen LogP contribution is 2.29. The Morgan fingerprint density at radius 1 is 1.14 bits per heavy atom. The molecule has 0 saturated heterocycles. The van der Waals surface area contributed by atoms with Gasteiger partial charge in [-0.05, 0) is 43.4 Å². The maximum atomic E-state index is 12.9. The van der Waals surface area contributed by atoms with Crippen LogP contribution in [-0.2, 0) is 11.2 Å². The lowest BCUT2D eigenvalue weighted by Gasteiger charge is -2.27. The minimum atomic E-state index is -1.25. The molecule has 1 aromatic heterocycles. The molecule has 4 rings (SSSR count). The molecule has 7 heteroatoms. The number of hydrogen-bond donors (Lipinski definition) is 2. The SMILES string of the molecule is C[C@@H](C(=O)N[C@@H]1CCCc2ccccc21)n1nc(C(=O)O)c2ccccc2c1=O. The largest absolute Gasteiger partial charge is 0.476 e. The molecule has 2 aromatic carbocycles. The molecule has 29 heavy (non-hydrogen) atoms. The number of aryl methyl sites for hydroxylation is 1. The number of fused-ring (bicyclic) bond motifs is 2. The van der Waals surface area contributed by atoms with Gasteiger partial charge in [-0.15, -0.1) is 0 Å². The first-order valence-electron chi connectivity index (χ1n) is 9.60. The second-order valence-electron chi connectivity index (χ2n) is 7.28. The molecule has 0 bridgehead atoms. The number of carbonyl (C=O) groups excluding carboxylic acids is 1. The molecule has 1 heterocycles. The molecule has 7 nitrogen and oxygen atoms in total. The van der Waals surface area contributed by atoms with E-state index in [2.05, 4.69) is 16.5 Å². The zero-order chi connectivity index (χ0) is 20.5. The molecule has 0 fully saturated rings. The number of carbonyl (C=O) groups is 2. The average molecular weight is 391 g/mol. The Morgan fingerprint density at radius 3 is 2.59 bits per heavy atom. The third-order valence-electron chi connectivity index (χ3n) is 5.46. The van der Waals surface area contributed by atoms with Gasteiger partial charge in [0.05, 0.1) is 11.4 Å². The number of carboxylic acids is 1. The first kappa shape index (κ1) is 18.9. The van der Waals surface area contributed by atoms with E-state index in [-0.39, 0.29) is 28.4 Å². The summed E-state index contributed by atoms with van der Waals surface area (Å²) in [5, 5.41) is 17.0. The summed E-state index contributed by atoms with van der Waals surface area (Å²) < 4.78 is 0.968. The maximum Gasteiger partial charge on any atom is 0.357 e. The smallest absolute Gasteiger partial charge is 0.357 e. The van der Waals surface area contributed by atoms with E-state index in [9.17, 15) is 19.5 Å². The van der Waals surface area contributed by atoms with E-state index >= 15 is 0 Å². The molecule has 0 aliphatic heterocycles. The van der Waals surface area contributed by atoms with Crippen molar-refractivity contribution in [3.63, 3.8) is 0 Å². The van der Waals surface area contributed by atoms with Crippen LogP contribution in [-0.4, -0.2) is 26.8 Å². The number of rotatable bonds is 4. The van der Waals surface area contributed by atoms with E-state index in [1.54, 1.807) is 31.2 Å². The van der Waals surface area contributed by atoms with E-state index < -0.39 is 17.6 Å². The minimum absolute atomic E-state index is 0.134. The molecule has 1 aliphatic rings. The van der Waals surface area contributed by atoms with Crippen molar-refractivity contribution >= 4 is 22.6 Å². The van der Waals surface area contributed by atoms with Gasteiger partial charge in [0.15, 0.2) is 5.69 Å². The van der Waals surface area contributed by atoms with E-state index in [0.29, 0.717) is 0 Å². The van der Waals surface area contributed by atoms with Crippen LogP contribution in [0.2, 0.25) is 0 Å². The third-order valence-corrected chi connectivity index (χ3v) is 5.46. The van der Waals surface area contributed by atoms with Gasteiger partial charge in [0, 0.05) is 5.39 Å². The Kier molecular flexibility index (Phi) is 4.88. The number of nitrogens with zero attached hydrogens (tertiary/aromatic N) is 2. The zero-order valence-corrected chi connectivity index (χ0v) is 16.0. The molecule has 0 radical (unpaired) electrons. The standard InChI is InChI=1S/C22H21N3O4/c1-13(20(26)23-18-12-6-8-14-7-2-3-9-15(14)18)25-21(27)17-11-5-4-10-16(17)19(24-25)22(28)29/h2-5,7,9-11,13,18H,6,8,12H2,1H3,(H,23,26)(H,28,29)/t13-,18+/m0/s1. The summed E-state index contributed by atoms with van der Waals surface area (Å²) in [4.78, 5) is 37.4. The van der Waals surface area contributed by atoms with Crippen LogP contribution in [0, 0.1) is 0 Å². The van der Waals surface area contributed by atoms with E-state index in [0.717, 1.165) is 29.5 Å². The number of benzene rings is 2. The highest BCUT2D eigenvalue weighted by Gasteiger charge is 2.26. The molecule has 0 spiro atoms. The lowest BCUT2D eigenvalue weighted by molar-refractivity contribution is -0.125. The molecule has 1 amide bonds. The van der Waals surface area contributed by atoms with Gasteiger partial charge in [0.2, 0.25) is 5.91 Å². The Labute approximate surface area is 167 Å². The topological polar surface area (TPSA) is 101 Å². The molecular formula is C22H21N3O4. The third kappa shape index (κ3) is 3.40. The van der Waals surface area contributed by atoms with Gasteiger partial charge >= 0.3 is 5.97 Å². The Balaban J connectivity index is 1.68. The minimum Gasteiger partial charge on any atom is -0.476 e. The van der Waals surface area contributed by atoms with E-state index in [4.69, 9.17) is 0 Å². The van der Waals surface area contributed by atoms with Crippen molar-refractivity contribution in [2.45, 2.75) is 38.3 Å². The average Bonchev–Trinajstić information content (AvgIpc) is 2.73. The van der Waals surface area contributed by atoms with Crippen LogP contribution < -0.4 is 10.9 Å². The van der Waals surface area contributed by atoms with Gasteiger partial charge in [0.1, 0.15) is 6.04 Å². The lowest BCUT2D eigenvalue weighted by Crippen LogP contribution is -2.40. The van der Waals surface area contributed by atoms with E-state index in [1.165, 1.54) is 5.56 Å². The van der Waals surface area contributed by atoms with Gasteiger partial charge in [-0.25, -0.2) is 9.48 Å². The zero-order valence-electron chi connectivity index (χ0n) is 16.0. The Hall–Kier alpha value is -3.48. The molecule has 3 aromatic rings. The second kappa shape index (κ2) is 7.50. The maximum absolute atomic E-state index is 12.9. The molecule has 0 unspecified atom stereocenters. The van der Waals surface area contributed by atoms with Crippen LogP contribution in [0.5, 0.6) is 0 Å². The fourth-order valence-electron chi connectivity index (χ4n) is 3.93. The van der Waals surface area contributed by atoms with Gasteiger partial charge in [-0.1, -0.05) is 42.5 Å². The number of aromatic carboxylic acids is 1. The first-order chi connectivity index (χ1) is 14.0. The summed E-state index contributed by atoms with van der Waals surface area (Å²) in [6.07, 6.45) is 2.76. The first-order valence-corrected chi connectivity index (χ1v) is 9.60. The Bertz CT molecular complexity index is 1170. The predicted molar refractivity (Wildman–Crippen MR) is 108 cm³/mol. The van der Waals surface area contributed by atoms with E-state index in [1.807, 2.05) is 18.2 Å². The highest BCUT2D eigenvalue weighted by molar-refractivity contribution is 6.01. The highest BCUT2D eigenvalue weighted by atomic mass is 16.4. The fraction of sp³-hybridized carbons (Fsp3) is 0.273. The number of carboxylic acid groups (broad SMARTS) is 1. The van der Waals surface area contributed by atoms with Gasteiger partial charge in [-0.2, -0.15) is 5.10 Å². The molecule has 1 aliphatic carbocycles. The van der Waals surface area contributed by atoms with Crippen LogP contribution in [0.4, 0.5) is 0 Å². The fourth-order valence-corrected chi connectivity index (χ4v) is 3.93. The number of hydrogen-bond acceptors (Lipinski definition) is 4. The summed E-state index contributed by atoms with van der Waals surface area (Å²) in [5.74, 6) is -1.61. The molecule has 2 N–H and O–H groups in total. The number of aromatic nitrogens is 2. The van der Waals surface area contributed by atoms with Gasteiger partial charge in [-0.3, -0.25) is 9.59 Å². The summed E-state index contributed by atoms with van der Waals surface area (Å²) >= 11 is 0. The predicted octanol–water partition coefficient (Wildman–Crippen LogP) is 2.85. The van der Waals surface area contributed by atoms with Crippen LogP contribution in [0.15, 0.2) is 53.3 Å². The molecule has 148 valence electrons. The molecule has 2 atom stereocenters. The van der Waals surface area contributed by atoms with Crippen molar-refractivity contribution < 1.29 is 14.7 Å². The molecule has 0 saturated carbocycles. The monoisotopic (exact) mass is 391 g/mol. The lowest BCUT2D eigenvalue weighted by atomic mass is 9.87. The van der Waals surface area contributed by atoms with Crippen molar-refractivity contribution in [2.75, 3.05) is 0 Å². The number of nitrogens with one attached hydrogen (secondary N) is 1. The summed E-state index contributed by atoms with van der Waals surface area (Å²) in [6.45, 7) is 1.55. The quantitative estimate of drug-likeness (QED) is 0.712. The number of amides is 1.